The lowest BCUT2D eigenvalue weighted by Crippen LogP contribution is -2.33. The molecule has 0 aliphatic rings. The van der Waals surface area contributed by atoms with Crippen molar-refractivity contribution in [1.82, 2.24) is 4.98 Å². The molecule has 0 bridgehead atoms. The van der Waals surface area contributed by atoms with Gasteiger partial charge in [-0.1, -0.05) is 24.7 Å². The van der Waals surface area contributed by atoms with Gasteiger partial charge in [-0.05, 0) is 31.5 Å². The molecule has 2 aromatic rings. The fourth-order valence-corrected chi connectivity index (χ4v) is 2.82. The Hall–Kier alpha value is -1.33. The molecule has 0 spiro atoms. The van der Waals surface area contributed by atoms with E-state index in [1.54, 1.807) is 11.3 Å². The normalized spacial score (nSPS) is 14.6. The van der Waals surface area contributed by atoms with Gasteiger partial charge in [0.1, 0.15) is 0 Å². The van der Waals surface area contributed by atoms with E-state index < -0.39 is 5.60 Å². The van der Waals surface area contributed by atoms with Gasteiger partial charge >= 0.3 is 0 Å². The van der Waals surface area contributed by atoms with Gasteiger partial charge in [-0.25, -0.2) is 4.98 Å². The van der Waals surface area contributed by atoms with E-state index in [-0.39, 0.29) is 0 Å². The number of rotatable bonds is 5. The molecule has 1 atom stereocenters. The first-order chi connectivity index (χ1) is 8.50. The van der Waals surface area contributed by atoms with Gasteiger partial charge < -0.3 is 16.2 Å². The van der Waals surface area contributed by atoms with Gasteiger partial charge in [-0.3, -0.25) is 0 Å². The summed E-state index contributed by atoms with van der Waals surface area (Å²) in [6.45, 7) is 4.42. The second kappa shape index (κ2) is 5.12. The summed E-state index contributed by atoms with van der Waals surface area (Å²) >= 11 is 1.56. The fraction of sp³-hybridized carbons (Fsp3) is 0.462. The first-order valence-corrected chi connectivity index (χ1v) is 6.94. The minimum Gasteiger partial charge on any atom is -0.399 e. The van der Waals surface area contributed by atoms with E-state index >= 15 is 0 Å². The van der Waals surface area contributed by atoms with Crippen molar-refractivity contribution in [2.24, 2.45) is 0 Å². The molecule has 1 unspecified atom stereocenters. The van der Waals surface area contributed by atoms with Crippen LogP contribution in [0, 0.1) is 0 Å². The number of nitrogens with zero attached hydrogens (tertiary/aromatic N) is 1. The molecule has 1 heterocycles. The average Bonchev–Trinajstić information content (AvgIpc) is 2.68. The summed E-state index contributed by atoms with van der Waals surface area (Å²) < 4.78 is 1.06. The Balaban J connectivity index is 2.08. The predicted octanol–water partition coefficient (Wildman–Crippen LogP) is 2.84. The molecule has 4 nitrogen and oxygen atoms in total. The Morgan fingerprint density at radius 3 is 3.00 bits per heavy atom. The predicted molar refractivity (Wildman–Crippen MR) is 78.1 cm³/mol. The van der Waals surface area contributed by atoms with E-state index in [9.17, 15) is 5.11 Å². The van der Waals surface area contributed by atoms with Crippen molar-refractivity contribution in [3.8, 4) is 0 Å². The van der Waals surface area contributed by atoms with Crippen LogP contribution in [0.25, 0.3) is 10.2 Å². The lowest BCUT2D eigenvalue weighted by atomic mass is 10.0. The summed E-state index contributed by atoms with van der Waals surface area (Å²) in [5, 5.41) is 14.1. The number of benzene rings is 1. The molecule has 18 heavy (non-hydrogen) atoms. The topological polar surface area (TPSA) is 71.2 Å². The highest BCUT2D eigenvalue weighted by atomic mass is 32.1. The minimum absolute atomic E-state index is 0.510. The highest BCUT2D eigenvalue weighted by Crippen LogP contribution is 2.28. The van der Waals surface area contributed by atoms with Gasteiger partial charge in [0.15, 0.2) is 5.13 Å². The van der Waals surface area contributed by atoms with Crippen LogP contribution in [0.5, 0.6) is 0 Å². The number of anilines is 2. The maximum Gasteiger partial charge on any atom is 0.183 e. The number of aromatic nitrogens is 1. The number of nitrogen functional groups attached to an aromatic ring is 1. The monoisotopic (exact) mass is 265 g/mol. The zero-order chi connectivity index (χ0) is 13.2. The van der Waals surface area contributed by atoms with Crippen LogP contribution >= 0.6 is 11.3 Å². The zero-order valence-electron chi connectivity index (χ0n) is 10.7. The molecular weight excluding hydrogens is 246 g/mol. The molecular formula is C13H19N3OS. The van der Waals surface area contributed by atoms with E-state index in [0.717, 1.165) is 33.9 Å². The van der Waals surface area contributed by atoms with Gasteiger partial charge in [0.25, 0.3) is 0 Å². The molecule has 0 fully saturated rings. The molecule has 0 aliphatic carbocycles. The molecule has 2 rings (SSSR count). The third kappa shape index (κ3) is 3.11. The van der Waals surface area contributed by atoms with Crippen molar-refractivity contribution in [3.63, 3.8) is 0 Å². The van der Waals surface area contributed by atoms with E-state index in [4.69, 9.17) is 5.73 Å². The summed E-state index contributed by atoms with van der Waals surface area (Å²) in [4.78, 5) is 4.46. The lowest BCUT2D eigenvalue weighted by Gasteiger charge is -2.22. The van der Waals surface area contributed by atoms with E-state index in [1.807, 2.05) is 25.1 Å². The Labute approximate surface area is 111 Å². The van der Waals surface area contributed by atoms with Gasteiger partial charge in [0, 0.05) is 12.2 Å². The quantitative estimate of drug-likeness (QED) is 0.727. The number of hydrogen-bond donors (Lipinski definition) is 3. The number of thiazole rings is 1. The van der Waals surface area contributed by atoms with Gasteiger partial charge in [-0.15, -0.1) is 0 Å². The first kappa shape index (κ1) is 13.1. The van der Waals surface area contributed by atoms with E-state index in [2.05, 4.69) is 17.2 Å². The van der Waals surface area contributed by atoms with Crippen LogP contribution in [-0.4, -0.2) is 22.2 Å². The van der Waals surface area contributed by atoms with Crippen LogP contribution in [-0.2, 0) is 0 Å². The molecule has 98 valence electrons. The number of aliphatic hydroxyl groups is 1. The van der Waals surface area contributed by atoms with Crippen LogP contribution in [0.2, 0.25) is 0 Å². The van der Waals surface area contributed by atoms with Crippen LogP contribution in [0.15, 0.2) is 18.2 Å². The second-order valence-corrected chi connectivity index (χ2v) is 5.88. The maximum atomic E-state index is 10.1. The van der Waals surface area contributed by atoms with Crippen LogP contribution in [0.1, 0.15) is 26.7 Å². The van der Waals surface area contributed by atoms with Crippen molar-refractivity contribution in [2.75, 3.05) is 17.6 Å². The molecule has 0 radical (unpaired) electrons. The fourth-order valence-electron chi connectivity index (χ4n) is 1.91. The number of hydrogen-bond acceptors (Lipinski definition) is 5. The molecule has 1 aromatic heterocycles. The molecule has 4 N–H and O–H groups in total. The number of nitrogens with two attached hydrogens (primary N) is 1. The summed E-state index contributed by atoms with van der Waals surface area (Å²) in [6.07, 6.45) is 1.74. The largest absolute Gasteiger partial charge is 0.399 e. The minimum atomic E-state index is -0.689. The van der Waals surface area contributed by atoms with Crippen molar-refractivity contribution in [3.05, 3.63) is 18.2 Å². The number of fused-ring (bicyclic) bond motifs is 1. The molecule has 0 saturated carbocycles. The second-order valence-electron chi connectivity index (χ2n) is 4.85. The van der Waals surface area contributed by atoms with Gasteiger partial charge in [0.2, 0.25) is 0 Å². The van der Waals surface area contributed by atoms with Crippen LogP contribution in [0.4, 0.5) is 10.8 Å². The van der Waals surface area contributed by atoms with E-state index in [0.29, 0.717) is 6.54 Å². The summed E-state index contributed by atoms with van der Waals surface area (Å²) in [5.41, 5.74) is 6.73. The Morgan fingerprint density at radius 1 is 1.50 bits per heavy atom. The van der Waals surface area contributed by atoms with E-state index in [1.165, 1.54) is 0 Å². The summed E-state index contributed by atoms with van der Waals surface area (Å²) in [6, 6.07) is 5.68. The van der Waals surface area contributed by atoms with Gasteiger partial charge in [-0.2, -0.15) is 0 Å². The van der Waals surface area contributed by atoms with Crippen molar-refractivity contribution in [1.29, 1.82) is 0 Å². The standard InChI is InChI=1S/C13H19N3OS/c1-3-6-13(2,17)8-15-12-16-10-5-4-9(14)7-11(10)18-12/h4-5,7,17H,3,6,8,14H2,1-2H3,(H,15,16). The van der Waals surface area contributed by atoms with Crippen molar-refractivity contribution in [2.45, 2.75) is 32.3 Å². The molecule has 0 amide bonds. The Kier molecular flexibility index (Phi) is 3.73. The Bertz CT molecular complexity index is 536. The maximum absolute atomic E-state index is 10.1. The summed E-state index contributed by atoms with van der Waals surface area (Å²) in [5.74, 6) is 0. The Morgan fingerprint density at radius 2 is 2.28 bits per heavy atom. The van der Waals surface area contributed by atoms with Crippen molar-refractivity contribution < 1.29 is 5.11 Å². The first-order valence-electron chi connectivity index (χ1n) is 6.12. The third-order valence-corrected chi connectivity index (χ3v) is 3.80. The highest BCUT2D eigenvalue weighted by Gasteiger charge is 2.19. The SMILES string of the molecule is CCCC(C)(O)CNc1nc2ccc(N)cc2s1. The summed E-state index contributed by atoms with van der Waals surface area (Å²) in [7, 11) is 0. The lowest BCUT2D eigenvalue weighted by molar-refractivity contribution is 0.0637. The zero-order valence-corrected chi connectivity index (χ0v) is 11.5. The highest BCUT2D eigenvalue weighted by molar-refractivity contribution is 7.22. The third-order valence-electron chi connectivity index (χ3n) is 2.82. The van der Waals surface area contributed by atoms with Gasteiger partial charge in [0.05, 0.1) is 15.8 Å². The molecule has 5 heteroatoms. The van der Waals surface area contributed by atoms with Crippen LogP contribution in [0.3, 0.4) is 0 Å². The molecule has 1 aromatic carbocycles. The molecule has 0 aliphatic heterocycles. The average molecular weight is 265 g/mol. The molecule has 0 saturated heterocycles. The number of nitrogens with one attached hydrogen (secondary N) is 1. The smallest absolute Gasteiger partial charge is 0.183 e. The van der Waals surface area contributed by atoms with Crippen molar-refractivity contribution >= 4 is 32.4 Å². The van der Waals surface area contributed by atoms with Crippen LogP contribution < -0.4 is 11.1 Å².